The van der Waals surface area contributed by atoms with Gasteiger partial charge in [-0.1, -0.05) is 41.4 Å². The highest BCUT2D eigenvalue weighted by Gasteiger charge is 2.20. The summed E-state index contributed by atoms with van der Waals surface area (Å²) in [6.45, 7) is 0.639. The molecule has 5 N–H and O–H groups in total. The molecular formula is C30H27Cl2N7O4. The fourth-order valence-electron chi connectivity index (χ4n) is 3.79. The van der Waals surface area contributed by atoms with E-state index in [1.807, 2.05) is 19.0 Å². The van der Waals surface area contributed by atoms with Crippen LogP contribution in [-0.2, 0) is 4.79 Å². The molecule has 0 aliphatic heterocycles. The molecule has 4 aromatic rings. The smallest absolute Gasteiger partial charge is 0.278 e. The van der Waals surface area contributed by atoms with Gasteiger partial charge in [0, 0.05) is 41.4 Å². The molecule has 0 aliphatic carbocycles. The fourth-order valence-corrected chi connectivity index (χ4v) is 4.35. The Morgan fingerprint density at radius 2 is 1.42 bits per heavy atom. The maximum atomic E-state index is 13.0. The summed E-state index contributed by atoms with van der Waals surface area (Å²) in [7, 11) is 3.80. The number of rotatable bonds is 10. The number of amides is 4. The number of hydrogen-bond acceptors (Lipinski definition) is 6. The quantitative estimate of drug-likeness (QED) is 0.147. The third kappa shape index (κ3) is 8.52. The molecule has 0 fully saturated rings. The van der Waals surface area contributed by atoms with E-state index in [1.165, 1.54) is 24.4 Å². The molecular weight excluding hydrogens is 593 g/mol. The molecule has 0 saturated heterocycles. The van der Waals surface area contributed by atoms with Crippen LogP contribution in [0.5, 0.6) is 0 Å². The first-order valence-electron chi connectivity index (χ1n) is 12.8. The number of likely N-dealkylation sites (N-methyl/N-ethyl adjacent to an activating group) is 1. The summed E-state index contributed by atoms with van der Waals surface area (Å²) in [4.78, 5) is 52.5. The number of aromatic amines is 1. The van der Waals surface area contributed by atoms with E-state index in [0.717, 1.165) is 0 Å². The lowest BCUT2D eigenvalue weighted by molar-refractivity contribution is -0.111. The van der Waals surface area contributed by atoms with Gasteiger partial charge in [-0.2, -0.15) is 5.10 Å². The molecule has 43 heavy (non-hydrogen) atoms. The number of benzene rings is 3. The highest BCUT2D eigenvalue weighted by atomic mass is 35.5. The lowest BCUT2D eigenvalue weighted by Gasteiger charge is -2.10. The topological polar surface area (TPSA) is 148 Å². The van der Waals surface area contributed by atoms with E-state index in [9.17, 15) is 19.2 Å². The van der Waals surface area contributed by atoms with Crippen molar-refractivity contribution in [3.8, 4) is 0 Å². The number of H-pyrrole nitrogens is 1. The number of anilines is 4. The van der Waals surface area contributed by atoms with Crippen molar-refractivity contribution in [3.05, 3.63) is 112 Å². The highest BCUT2D eigenvalue weighted by Crippen LogP contribution is 2.26. The number of hydrogen-bond donors (Lipinski definition) is 5. The Balaban J connectivity index is 1.36. The number of halogens is 2. The molecule has 0 unspecified atom stereocenters. The van der Waals surface area contributed by atoms with Crippen LogP contribution in [0.4, 0.5) is 22.7 Å². The minimum Gasteiger partial charge on any atom is -0.323 e. The van der Waals surface area contributed by atoms with Gasteiger partial charge >= 0.3 is 0 Å². The fraction of sp³-hybridized carbons (Fsp3) is 0.100. The molecule has 220 valence electrons. The second-order valence-electron chi connectivity index (χ2n) is 9.42. The highest BCUT2D eigenvalue weighted by molar-refractivity contribution is 6.40. The van der Waals surface area contributed by atoms with E-state index in [4.69, 9.17) is 23.2 Å². The second kappa shape index (κ2) is 14.3. The van der Waals surface area contributed by atoms with Crippen molar-refractivity contribution in [1.29, 1.82) is 0 Å². The van der Waals surface area contributed by atoms with E-state index >= 15 is 0 Å². The molecule has 0 saturated carbocycles. The van der Waals surface area contributed by atoms with Crippen molar-refractivity contribution < 1.29 is 19.2 Å². The van der Waals surface area contributed by atoms with Crippen molar-refractivity contribution >= 4 is 69.6 Å². The first-order valence-corrected chi connectivity index (χ1v) is 13.6. The minimum atomic E-state index is -0.612. The predicted molar refractivity (Wildman–Crippen MR) is 168 cm³/mol. The van der Waals surface area contributed by atoms with Crippen LogP contribution in [0.15, 0.2) is 85.1 Å². The summed E-state index contributed by atoms with van der Waals surface area (Å²) < 4.78 is 0. The predicted octanol–water partition coefficient (Wildman–Crippen LogP) is 5.53. The van der Waals surface area contributed by atoms with Crippen molar-refractivity contribution in [2.75, 3.05) is 41.9 Å². The van der Waals surface area contributed by atoms with Crippen LogP contribution >= 0.6 is 23.2 Å². The van der Waals surface area contributed by atoms with Gasteiger partial charge in [0.2, 0.25) is 5.91 Å². The van der Waals surface area contributed by atoms with Crippen molar-refractivity contribution in [3.63, 3.8) is 0 Å². The Bertz CT molecular complexity index is 1660. The van der Waals surface area contributed by atoms with Gasteiger partial charge in [-0.15, -0.1) is 0 Å². The number of nitrogens with zero attached hydrogens (tertiary/aromatic N) is 2. The molecule has 0 bridgehead atoms. The summed E-state index contributed by atoms with van der Waals surface area (Å²) in [6.07, 6.45) is 4.55. The van der Waals surface area contributed by atoms with E-state index in [0.29, 0.717) is 29.2 Å². The van der Waals surface area contributed by atoms with Crippen LogP contribution in [0.25, 0.3) is 0 Å². The molecule has 4 amide bonds. The van der Waals surface area contributed by atoms with E-state index in [2.05, 4.69) is 31.5 Å². The lowest BCUT2D eigenvalue weighted by Crippen LogP contribution is -2.18. The van der Waals surface area contributed by atoms with E-state index in [-0.39, 0.29) is 38.8 Å². The van der Waals surface area contributed by atoms with Crippen LogP contribution in [0.1, 0.15) is 31.2 Å². The van der Waals surface area contributed by atoms with Gasteiger partial charge in [0.25, 0.3) is 17.7 Å². The third-order valence-corrected chi connectivity index (χ3v) is 6.46. The van der Waals surface area contributed by atoms with Gasteiger partial charge in [0.05, 0.1) is 21.3 Å². The SMILES string of the molecule is CN(C)C/C=C/C(=O)Nc1ccc(C(=O)Nc2cccc(NC(=O)c3n[nH]cc3NC(=O)c3c(Cl)cccc3Cl)c2)cc1. The van der Waals surface area contributed by atoms with Gasteiger partial charge in [-0.25, -0.2) is 0 Å². The lowest BCUT2D eigenvalue weighted by atomic mass is 10.2. The molecule has 0 spiro atoms. The number of nitrogens with one attached hydrogen (secondary N) is 5. The summed E-state index contributed by atoms with van der Waals surface area (Å²) in [5.74, 6) is -1.88. The number of aromatic nitrogens is 2. The van der Waals surface area contributed by atoms with Crippen molar-refractivity contribution in [2.24, 2.45) is 0 Å². The zero-order chi connectivity index (χ0) is 30.9. The summed E-state index contributed by atoms with van der Waals surface area (Å²) in [6, 6.07) is 17.6. The van der Waals surface area contributed by atoms with E-state index < -0.39 is 11.8 Å². The maximum Gasteiger partial charge on any atom is 0.278 e. The minimum absolute atomic E-state index is 0.0639. The first-order chi connectivity index (χ1) is 20.6. The average molecular weight is 620 g/mol. The molecule has 0 aliphatic rings. The van der Waals surface area contributed by atoms with Gasteiger partial charge < -0.3 is 26.2 Å². The Labute approximate surface area is 257 Å². The van der Waals surface area contributed by atoms with Crippen LogP contribution in [0.2, 0.25) is 10.0 Å². The maximum absolute atomic E-state index is 13.0. The molecule has 1 heterocycles. The Hall–Kier alpha value is -4.97. The summed E-state index contributed by atoms with van der Waals surface area (Å²) >= 11 is 12.2. The molecule has 0 radical (unpaired) electrons. The monoisotopic (exact) mass is 619 g/mol. The molecule has 11 nitrogen and oxygen atoms in total. The number of carbonyl (C=O) groups is 4. The Kier molecular flexibility index (Phi) is 10.3. The van der Waals surface area contributed by atoms with E-state index in [1.54, 1.807) is 60.7 Å². The van der Waals surface area contributed by atoms with Crippen LogP contribution in [-0.4, -0.2) is 59.4 Å². The summed E-state index contributed by atoms with van der Waals surface area (Å²) in [5, 5.41) is 17.6. The largest absolute Gasteiger partial charge is 0.323 e. The van der Waals surface area contributed by atoms with Crippen molar-refractivity contribution in [1.82, 2.24) is 15.1 Å². The van der Waals surface area contributed by atoms with Gasteiger partial charge in [-0.3, -0.25) is 24.3 Å². The third-order valence-electron chi connectivity index (χ3n) is 5.83. The van der Waals surface area contributed by atoms with Gasteiger partial charge in [-0.05, 0) is 68.7 Å². The molecule has 4 rings (SSSR count). The van der Waals surface area contributed by atoms with Gasteiger partial charge in [0.15, 0.2) is 5.69 Å². The van der Waals surface area contributed by atoms with Gasteiger partial charge in [0.1, 0.15) is 0 Å². The zero-order valence-electron chi connectivity index (χ0n) is 23.1. The molecule has 13 heteroatoms. The normalized spacial score (nSPS) is 10.9. The Morgan fingerprint density at radius 3 is 2.07 bits per heavy atom. The zero-order valence-corrected chi connectivity index (χ0v) is 24.6. The number of carbonyl (C=O) groups excluding carboxylic acids is 4. The standard InChI is InChI=1S/C30H27Cl2N7O4/c1-39(2)15-5-10-25(40)34-19-13-11-18(12-14-19)28(41)35-20-6-3-7-21(16-20)36-30(43)27-24(17-33-38-27)37-29(42)26-22(31)8-4-9-23(26)32/h3-14,16-17H,15H2,1-2H3,(H,33,38)(H,34,40)(H,35,41)(H,36,43)(H,37,42)/b10-5+. The van der Waals surface area contributed by atoms with Crippen LogP contribution in [0, 0.1) is 0 Å². The molecule has 0 atom stereocenters. The average Bonchev–Trinajstić information content (AvgIpc) is 3.41. The Morgan fingerprint density at radius 1 is 0.791 bits per heavy atom. The van der Waals surface area contributed by atoms with Crippen molar-refractivity contribution in [2.45, 2.75) is 0 Å². The molecule has 1 aromatic heterocycles. The summed E-state index contributed by atoms with van der Waals surface area (Å²) in [5.41, 5.74) is 1.82. The van der Waals surface area contributed by atoms with Crippen LogP contribution in [0.3, 0.4) is 0 Å². The first kappa shape index (κ1) is 31.0. The molecule has 3 aromatic carbocycles. The second-order valence-corrected chi connectivity index (χ2v) is 10.2. The van der Waals surface area contributed by atoms with Crippen LogP contribution < -0.4 is 21.3 Å².